The Kier molecular flexibility index (Phi) is 4.80. The van der Waals surface area contributed by atoms with Crippen LogP contribution in [0, 0.1) is 0 Å². The largest absolute Gasteiger partial charge is 0.219 e. The van der Waals surface area contributed by atoms with Crippen molar-refractivity contribution in [1.29, 1.82) is 0 Å². The van der Waals surface area contributed by atoms with Gasteiger partial charge in [0.25, 0.3) is 0 Å². The molecule has 0 aliphatic heterocycles. The number of unbranched alkanes of at least 4 members (excludes halogenated alkanes) is 2. The van der Waals surface area contributed by atoms with Gasteiger partial charge in [0, 0.05) is 5.38 Å². The highest BCUT2D eigenvalue weighted by atomic mass is 32.2. The predicted octanol–water partition coefficient (Wildman–Crippen LogP) is 3.94. The summed E-state index contributed by atoms with van der Waals surface area (Å²) in [6.45, 7) is 3.83. The molecule has 0 saturated heterocycles. The van der Waals surface area contributed by atoms with Gasteiger partial charge in [-0.1, -0.05) is 43.5 Å². The molecule has 1 aromatic rings. The number of hydrogen-bond donors (Lipinski definition) is 0. The Morgan fingerprint density at radius 3 is 2.53 bits per heavy atom. The first kappa shape index (κ1) is 12.4. The molecule has 0 saturated carbocycles. The smallest absolute Gasteiger partial charge is 0.199 e. The van der Waals surface area contributed by atoms with E-state index >= 15 is 0 Å². The second-order valence-electron chi connectivity index (χ2n) is 4.16. The lowest BCUT2D eigenvalue weighted by Gasteiger charge is -2.02. The molecule has 0 fully saturated rings. The van der Waals surface area contributed by atoms with Crippen LogP contribution in [0.15, 0.2) is 46.2 Å². The van der Waals surface area contributed by atoms with Crippen LogP contribution in [0.4, 0.5) is 0 Å². The molecule has 0 aliphatic rings. The third-order valence-electron chi connectivity index (χ3n) is 2.52. The lowest BCUT2D eigenvalue weighted by Crippen LogP contribution is -1.97. The van der Waals surface area contributed by atoms with E-state index in [1.165, 1.54) is 12.1 Å². The maximum absolute atomic E-state index is 12.2. The van der Waals surface area contributed by atoms with Gasteiger partial charge in [0.05, 0.1) is 6.27 Å². The van der Waals surface area contributed by atoms with E-state index in [-0.39, 0.29) is 10.3 Å². The highest BCUT2D eigenvalue weighted by molar-refractivity contribution is 7.94. The fourth-order valence-electron chi connectivity index (χ4n) is 1.58. The van der Waals surface area contributed by atoms with E-state index in [0.29, 0.717) is 12.0 Å². The number of allylic oxidation sites excluding steroid dienone is 1. The first-order valence-electron chi connectivity index (χ1n) is 6.46. The average molecular weight is 253 g/mol. The van der Waals surface area contributed by atoms with Gasteiger partial charge < -0.3 is 0 Å². The standard InChI is InChI=1S/C14H20O2S/c1-3-4-6-9-13(2)12-17(15,16)14-10-7-5-8-11-14/h5,7-8,10-12H,3-4,6,9H2,1-2H3/b13-12-/i12D. The van der Waals surface area contributed by atoms with Crippen molar-refractivity contribution in [2.75, 3.05) is 0 Å². The average Bonchev–Trinajstić information content (AvgIpc) is 2.39. The van der Waals surface area contributed by atoms with Gasteiger partial charge in [-0.05, 0) is 31.9 Å². The van der Waals surface area contributed by atoms with Crippen LogP contribution in [0.2, 0.25) is 0 Å². The SMILES string of the molecule is [2H]/C(=C(\C)CCCCC)S(=O)(=O)c1ccccc1. The second-order valence-corrected chi connectivity index (χ2v) is 5.84. The van der Waals surface area contributed by atoms with Crippen LogP contribution in [0.3, 0.4) is 0 Å². The maximum Gasteiger partial charge on any atom is 0.199 e. The molecular weight excluding hydrogens is 232 g/mol. The van der Waals surface area contributed by atoms with Crippen molar-refractivity contribution >= 4 is 9.84 Å². The minimum Gasteiger partial charge on any atom is -0.219 e. The third-order valence-corrected chi connectivity index (χ3v) is 4.03. The quantitative estimate of drug-likeness (QED) is 0.719. The maximum atomic E-state index is 12.2. The molecule has 0 atom stereocenters. The summed E-state index contributed by atoms with van der Waals surface area (Å²) in [7, 11) is -3.63. The Labute approximate surface area is 106 Å². The minimum absolute atomic E-state index is 0.199. The molecule has 17 heavy (non-hydrogen) atoms. The summed E-state index contributed by atoms with van der Waals surface area (Å²) in [4.78, 5) is 0.199. The third kappa shape index (κ3) is 4.73. The van der Waals surface area contributed by atoms with Crippen molar-refractivity contribution in [1.82, 2.24) is 0 Å². The minimum atomic E-state index is -3.63. The van der Waals surface area contributed by atoms with Crippen LogP contribution in [-0.4, -0.2) is 8.42 Å². The van der Waals surface area contributed by atoms with Gasteiger partial charge in [0.1, 0.15) is 0 Å². The van der Waals surface area contributed by atoms with Gasteiger partial charge in [-0.15, -0.1) is 0 Å². The molecule has 0 unspecified atom stereocenters. The van der Waals surface area contributed by atoms with E-state index in [1.807, 2.05) is 0 Å². The molecule has 0 heterocycles. The van der Waals surface area contributed by atoms with Gasteiger partial charge in [0.2, 0.25) is 0 Å². The van der Waals surface area contributed by atoms with Crippen LogP contribution in [0.1, 0.15) is 40.9 Å². The Balaban J connectivity index is 2.94. The van der Waals surface area contributed by atoms with E-state index in [9.17, 15) is 8.42 Å². The summed E-state index contributed by atoms with van der Waals surface area (Å²) in [5.74, 6) is 0. The summed E-state index contributed by atoms with van der Waals surface area (Å²) in [5, 5.41) is -0.246. The van der Waals surface area contributed by atoms with Crippen molar-refractivity contribution < 1.29 is 9.79 Å². The van der Waals surface area contributed by atoms with Gasteiger partial charge in [-0.25, -0.2) is 8.42 Å². The summed E-state index contributed by atoms with van der Waals surface area (Å²) in [6, 6.07) is 8.17. The fourth-order valence-corrected chi connectivity index (χ4v) is 2.77. The Morgan fingerprint density at radius 1 is 1.29 bits per heavy atom. The molecule has 0 aliphatic carbocycles. The number of benzene rings is 1. The van der Waals surface area contributed by atoms with Gasteiger partial charge in [-0.3, -0.25) is 0 Å². The van der Waals surface area contributed by atoms with E-state index in [2.05, 4.69) is 6.92 Å². The first-order valence-corrected chi connectivity index (χ1v) is 7.45. The molecule has 0 amide bonds. The Morgan fingerprint density at radius 2 is 1.94 bits per heavy atom. The van der Waals surface area contributed by atoms with Crippen LogP contribution in [-0.2, 0) is 9.84 Å². The summed E-state index contributed by atoms with van der Waals surface area (Å²) in [6.07, 6.45) is 3.77. The van der Waals surface area contributed by atoms with Crippen molar-refractivity contribution in [3.05, 3.63) is 41.3 Å². The van der Waals surface area contributed by atoms with Crippen molar-refractivity contribution in [3.8, 4) is 0 Å². The molecule has 3 heteroatoms. The van der Waals surface area contributed by atoms with E-state index < -0.39 is 9.84 Å². The first-order chi connectivity index (χ1) is 8.50. The topological polar surface area (TPSA) is 34.1 Å². The summed E-state index contributed by atoms with van der Waals surface area (Å²) in [5.41, 5.74) is 0.646. The zero-order valence-corrected chi connectivity index (χ0v) is 11.3. The molecule has 0 bridgehead atoms. The van der Waals surface area contributed by atoms with Gasteiger partial charge in [-0.2, -0.15) is 0 Å². The van der Waals surface area contributed by atoms with E-state index in [0.717, 1.165) is 19.3 Å². The number of rotatable bonds is 6. The molecule has 2 nitrogen and oxygen atoms in total. The molecular formula is C14H20O2S. The molecule has 1 rings (SSSR count). The highest BCUT2D eigenvalue weighted by Crippen LogP contribution is 2.16. The normalized spacial score (nSPS) is 14.1. The van der Waals surface area contributed by atoms with Gasteiger partial charge >= 0.3 is 0 Å². The van der Waals surface area contributed by atoms with E-state index in [1.54, 1.807) is 25.1 Å². The Hall–Kier alpha value is -1.09. The van der Waals surface area contributed by atoms with Crippen LogP contribution < -0.4 is 0 Å². The van der Waals surface area contributed by atoms with E-state index in [4.69, 9.17) is 1.37 Å². The van der Waals surface area contributed by atoms with Crippen LogP contribution in [0.25, 0.3) is 0 Å². The zero-order chi connectivity index (χ0) is 13.6. The van der Waals surface area contributed by atoms with Crippen molar-refractivity contribution in [2.45, 2.75) is 44.4 Å². The van der Waals surface area contributed by atoms with Crippen molar-refractivity contribution in [2.24, 2.45) is 0 Å². The summed E-state index contributed by atoms with van der Waals surface area (Å²) >= 11 is 0. The molecule has 0 aromatic heterocycles. The lowest BCUT2D eigenvalue weighted by molar-refractivity contribution is 0.604. The zero-order valence-electron chi connectivity index (χ0n) is 11.4. The molecule has 1 aromatic carbocycles. The Bertz CT molecular complexity index is 504. The molecule has 0 spiro atoms. The van der Waals surface area contributed by atoms with Crippen LogP contribution >= 0.6 is 0 Å². The molecule has 94 valence electrons. The monoisotopic (exact) mass is 253 g/mol. The predicted molar refractivity (Wildman–Crippen MR) is 71.5 cm³/mol. The van der Waals surface area contributed by atoms with Crippen LogP contribution in [0.5, 0.6) is 0 Å². The lowest BCUT2D eigenvalue weighted by atomic mass is 10.1. The second kappa shape index (κ2) is 6.60. The molecule has 0 N–H and O–H groups in total. The summed E-state index contributed by atoms with van der Waals surface area (Å²) < 4.78 is 32.2. The van der Waals surface area contributed by atoms with Gasteiger partial charge in [0.15, 0.2) is 9.84 Å². The fraction of sp³-hybridized carbons (Fsp3) is 0.429. The highest BCUT2D eigenvalue weighted by Gasteiger charge is 2.10. The van der Waals surface area contributed by atoms with Crippen molar-refractivity contribution in [3.63, 3.8) is 0 Å². The number of hydrogen-bond acceptors (Lipinski definition) is 2. The number of sulfone groups is 1. The molecule has 0 radical (unpaired) electrons.